The van der Waals surface area contributed by atoms with Gasteiger partial charge in [0.25, 0.3) is 0 Å². The van der Waals surface area contributed by atoms with Crippen LogP contribution in [0.25, 0.3) is 0 Å². The number of carbonyl (C=O) groups excluding carboxylic acids is 3. The van der Waals surface area contributed by atoms with E-state index < -0.39 is 35.6 Å². The van der Waals surface area contributed by atoms with Gasteiger partial charge < -0.3 is 25.4 Å². The summed E-state index contributed by atoms with van der Waals surface area (Å²) in [6, 6.07) is -1.51. The summed E-state index contributed by atoms with van der Waals surface area (Å²) in [6.45, 7) is 2.45. The number of allylic oxidation sites excluding steroid dienone is 1. The van der Waals surface area contributed by atoms with Gasteiger partial charge in [-0.05, 0) is 63.7 Å². The van der Waals surface area contributed by atoms with Crippen LogP contribution in [0.15, 0.2) is 12.2 Å². The number of carboxylic acid groups (broad SMARTS) is 1. The third-order valence-electron chi connectivity index (χ3n) is 8.19. The number of hydrogen-bond acceptors (Lipinski definition) is 5. The first-order valence-corrected chi connectivity index (χ1v) is 13.3. The summed E-state index contributed by atoms with van der Waals surface area (Å²) in [5.41, 5.74) is -1.30. The first-order valence-electron chi connectivity index (χ1n) is 13.3. The summed E-state index contributed by atoms with van der Waals surface area (Å²) in [4.78, 5) is 53.3. The fourth-order valence-corrected chi connectivity index (χ4v) is 5.82. The second-order valence-corrected chi connectivity index (χ2v) is 10.7. The Kier molecular flexibility index (Phi) is 8.02. The van der Waals surface area contributed by atoms with Crippen LogP contribution in [-0.4, -0.2) is 64.2 Å². The molecular formula is C26H39N3O6. The van der Waals surface area contributed by atoms with Crippen LogP contribution in [0.4, 0.5) is 4.79 Å². The van der Waals surface area contributed by atoms with Crippen molar-refractivity contribution in [3.05, 3.63) is 12.2 Å². The number of hydrogen-bond donors (Lipinski definition) is 3. The van der Waals surface area contributed by atoms with Crippen LogP contribution in [0.5, 0.6) is 0 Å². The summed E-state index contributed by atoms with van der Waals surface area (Å²) in [5.74, 6) is -1.83. The molecule has 2 heterocycles. The van der Waals surface area contributed by atoms with Gasteiger partial charge >= 0.3 is 12.1 Å². The fraction of sp³-hybridized carbons (Fsp3) is 0.769. The first-order chi connectivity index (χ1) is 16.8. The Balaban J connectivity index is 1.53. The van der Waals surface area contributed by atoms with Gasteiger partial charge in [-0.15, -0.1) is 0 Å². The van der Waals surface area contributed by atoms with Gasteiger partial charge in [0.2, 0.25) is 11.8 Å². The Morgan fingerprint density at radius 2 is 1.91 bits per heavy atom. The number of fused-ring (bicyclic) bond motifs is 2. The highest BCUT2D eigenvalue weighted by Crippen LogP contribution is 2.45. The molecule has 0 aromatic carbocycles. The molecule has 0 radical (unpaired) electrons. The highest BCUT2D eigenvalue weighted by Gasteiger charge is 2.61. The van der Waals surface area contributed by atoms with Gasteiger partial charge in [-0.25, -0.2) is 9.59 Å². The molecule has 3 fully saturated rings. The minimum Gasteiger partial charge on any atom is -0.479 e. The van der Waals surface area contributed by atoms with E-state index >= 15 is 0 Å². The highest BCUT2D eigenvalue weighted by atomic mass is 16.6. The number of alkyl carbamates (subject to hydrolysis) is 1. The molecule has 3 N–H and O–H groups in total. The first kappa shape index (κ1) is 25.5. The van der Waals surface area contributed by atoms with Crippen molar-refractivity contribution in [2.24, 2.45) is 11.8 Å². The van der Waals surface area contributed by atoms with E-state index in [1.165, 1.54) is 0 Å². The molecule has 0 unspecified atom stereocenters. The molecule has 0 aromatic rings. The van der Waals surface area contributed by atoms with Crippen molar-refractivity contribution >= 4 is 23.9 Å². The lowest BCUT2D eigenvalue weighted by Crippen LogP contribution is -2.56. The van der Waals surface area contributed by atoms with E-state index in [9.17, 15) is 24.3 Å². The van der Waals surface area contributed by atoms with Crippen molar-refractivity contribution in [3.63, 3.8) is 0 Å². The predicted octanol–water partition coefficient (Wildman–Crippen LogP) is 3.13. The molecule has 35 heavy (non-hydrogen) atoms. The van der Waals surface area contributed by atoms with Crippen molar-refractivity contribution in [2.45, 2.75) is 108 Å². The normalized spacial score (nSPS) is 35.2. The van der Waals surface area contributed by atoms with Crippen LogP contribution in [0.3, 0.4) is 0 Å². The van der Waals surface area contributed by atoms with Gasteiger partial charge in [0.05, 0.1) is 0 Å². The van der Waals surface area contributed by atoms with Crippen LogP contribution in [0, 0.1) is 11.8 Å². The van der Waals surface area contributed by atoms with Gasteiger partial charge in [-0.2, -0.15) is 0 Å². The van der Waals surface area contributed by atoms with Gasteiger partial charge in [-0.1, -0.05) is 38.3 Å². The van der Waals surface area contributed by atoms with E-state index in [1.54, 1.807) is 4.90 Å². The monoisotopic (exact) mass is 489 g/mol. The molecule has 9 nitrogen and oxygen atoms in total. The number of nitrogens with one attached hydrogen (secondary N) is 2. The quantitative estimate of drug-likeness (QED) is 0.521. The number of ether oxygens (including phenoxy) is 1. The van der Waals surface area contributed by atoms with Gasteiger partial charge in [-0.3, -0.25) is 9.59 Å². The molecule has 3 amide bonds. The number of carboxylic acids is 1. The van der Waals surface area contributed by atoms with Crippen molar-refractivity contribution in [1.82, 2.24) is 15.5 Å². The Hall–Kier alpha value is -2.58. The minimum absolute atomic E-state index is 0.104. The van der Waals surface area contributed by atoms with E-state index in [1.807, 2.05) is 19.1 Å². The van der Waals surface area contributed by atoms with Crippen LogP contribution in [0.1, 0.15) is 84.0 Å². The average Bonchev–Trinajstić information content (AvgIpc) is 3.17. The van der Waals surface area contributed by atoms with E-state index in [0.29, 0.717) is 25.8 Å². The predicted molar refractivity (Wildman–Crippen MR) is 128 cm³/mol. The van der Waals surface area contributed by atoms with Crippen LogP contribution in [0.2, 0.25) is 0 Å². The second-order valence-electron chi connectivity index (χ2n) is 10.7. The van der Waals surface area contributed by atoms with Crippen molar-refractivity contribution in [1.29, 1.82) is 0 Å². The molecule has 9 heteroatoms. The van der Waals surface area contributed by atoms with Crippen molar-refractivity contribution in [3.8, 4) is 0 Å². The fourth-order valence-electron chi connectivity index (χ4n) is 5.82. The summed E-state index contributed by atoms with van der Waals surface area (Å²) in [7, 11) is 0. The van der Waals surface area contributed by atoms with Crippen LogP contribution in [-0.2, 0) is 19.1 Å². The molecule has 0 spiro atoms. The molecule has 5 atom stereocenters. The third-order valence-corrected chi connectivity index (χ3v) is 8.19. The lowest BCUT2D eigenvalue weighted by atomic mass is 10.0. The molecule has 194 valence electrons. The van der Waals surface area contributed by atoms with Gasteiger partial charge in [0.1, 0.15) is 23.7 Å². The zero-order valence-corrected chi connectivity index (χ0v) is 20.7. The molecule has 0 aromatic heterocycles. The second kappa shape index (κ2) is 11.0. The van der Waals surface area contributed by atoms with Gasteiger partial charge in [0, 0.05) is 12.5 Å². The van der Waals surface area contributed by atoms with Crippen molar-refractivity contribution < 1.29 is 29.0 Å². The molecule has 1 saturated heterocycles. The van der Waals surface area contributed by atoms with Crippen LogP contribution >= 0.6 is 0 Å². The van der Waals surface area contributed by atoms with Crippen molar-refractivity contribution in [2.75, 3.05) is 6.54 Å². The lowest BCUT2D eigenvalue weighted by Gasteiger charge is -2.29. The number of carbonyl (C=O) groups is 4. The third kappa shape index (κ3) is 5.81. The summed E-state index contributed by atoms with van der Waals surface area (Å²) < 4.78 is 5.55. The Bertz CT molecular complexity index is 854. The van der Waals surface area contributed by atoms with Crippen LogP contribution < -0.4 is 10.6 Å². The van der Waals surface area contributed by atoms with E-state index in [-0.39, 0.29) is 23.8 Å². The molecule has 2 aliphatic carbocycles. The van der Waals surface area contributed by atoms with E-state index in [2.05, 4.69) is 10.6 Å². The Labute approximate surface area is 207 Å². The Morgan fingerprint density at radius 1 is 1.17 bits per heavy atom. The molecule has 0 bridgehead atoms. The smallest absolute Gasteiger partial charge is 0.408 e. The molecular weight excluding hydrogens is 450 g/mol. The molecule has 2 saturated carbocycles. The largest absolute Gasteiger partial charge is 0.479 e. The maximum Gasteiger partial charge on any atom is 0.408 e. The average molecular weight is 490 g/mol. The summed E-state index contributed by atoms with van der Waals surface area (Å²) in [5, 5.41) is 15.4. The number of rotatable bonds is 4. The topological polar surface area (TPSA) is 125 Å². The number of aliphatic carboxylic acids is 1. The zero-order valence-electron chi connectivity index (χ0n) is 20.7. The Morgan fingerprint density at radius 3 is 2.63 bits per heavy atom. The lowest BCUT2D eigenvalue weighted by molar-refractivity contribution is -0.145. The summed E-state index contributed by atoms with van der Waals surface area (Å²) in [6.07, 6.45) is 12.5. The maximum absolute atomic E-state index is 13.7. The van der Waals surface area contributed by atoms with Gasteiger partial charge in [0.15, 0.2) is 0 Å². The summed E-state index contributed by atoms with van der Waals surface area (Å²) >= 11 is 0. The highest BCUT2D eigenvalue weighted by molar-refractivity contribution is 5.96. The molecule has 2 aliphatic heterocycles. The molecule has 4 rings (SSSR count). The standard InChI is InChI=1S/C26H39N3O6/c1-2-17-14-21-22(30)28-26(24(32)33)15-18(26)10-6-4-3-5-7-13-20(23(31)29(21)16-17)27-25(34)35-19-11-8-9-12-19/h6,10,17-21H,2-5,7-9,11-16H2,1H3,(H,27,34)(H,28,30)(H,32,33)/b10-6-/t17-,18+,20+,21+,26-/m1/s1. The van der Waals surface area contributed by atoms with E-state index in [0.717, 1.165) is 57.8 Å². The zero-order chi connectivity index (χ0) is 25.0. The molecule has 4 aliphatic rings. The van der Waals surface area contributed by atoms with E-state index in [4.69, 9.17) is 4.74 Å². The minimum atomic E-state index is -1.30. The maximum atomic E-state index is 13.7. The number of amides is 3. The number of nitrogens with zero attached hydrogens (tertiary/aromatic N) is 1. The SMILES string of the molecule is CC[C@@H]1C[C@H]2C(=O)N[C@]3(C(=O)O)C[C@@H]3/C=C\CCCCC[C@H](NC(=O)OC3CCCC3)C(=O)N2C1.